The zero-order chi connectivity index (χ0) is 24.0. The Morgan fingerprint density at radius 3 is 2.34 bits per heavy atom. The Hall–Kier alpha value is -2.94. The molecule has 1 aromatic rings. The molecule has 1 atom stereocenters. The minimum atomic E-state index is -0.907. The van der Waals surface area contributed by atoms with E-state index in [1.54, 1.807) is 20.8 Å². The van der Waals surface area contributed by atoms with Crippen LogP contribution in [0.4, 0.5) is 4.79 Å². The molecule has 0 aliphatic heterocycles. The molecule has 4 N–H and O–H groups in total. The predicted molar refractivity (Wildman–Crippen MR) is 120 cm³/mol. The highest BCUT2D eigenvalue weighted by Gasteiger charge is 2.23. The van der Waals surface area contributed by atoms with Crippen molar-refractivity contribution in [2.75, 3.05) is 19.7 Å². The van der Waals surface area contributed by atoms with E-state index in [4.69, 9.17) is 15.2 Å². The molecule has 0 unspecified atom stereocenters. The molecule has 1 aromatic carbocycles. The summed E-state index contributed by atoms with van der Waals surface area (Å²) >= 11 is 0. The maximum Gasteiger partial charge on any atom is 0.408 e. The lowest BCUT2D eigenvalue weighted by atomic mass is 10.0. The van der Waals surface area contributed by atoms with Crippen LogP contribution >= 0.6 is 0 Å². The molecule has 178 valence electrons. The number of rotatable bonds is 13. The number of nitrogens with two attached hydrogens (primary N) is 1. The smallest absolute Gasteiger partial charge is 0.408 e. The summed E-state index contributed by atoms with van der Waals surface area (Å²) in [5.74, 6) is -1.46. The Balaban J connectivity index is 2.62. The molecular weight excluding hydrogens is 414 g/mol. The van der Waals surface area contributed by atoms with E-state index in [9.17, 15) is 19.2 Å². The zero-order valence-corrected chi connectivity index (χ0v) is 19.1. The zero-order valence-electron chi connectivity index (χ0n) is 19.1. The fourth-order valence-corrected chi connectivity index (χ4v) is 2.72. The van der Waals surface area contributed by atoms with Gasteiger partial charge in [0.25, 0.3) is 0 Å². The monoisotopic (exact) mass is 449 g/mol. The summed E-state index contributed by atoms with van der Waals surface area (Å²) < 4.78 is 10.2. The van der Waals surface area contributed by atoms with Crippen LogP contribution in [0.5, 0.6) is 0 Å². The van der Waals surface area contributed by atoms with Crippen molar-refractivity contribution >= 4 is 23.8 Å². The largest absolute Gasteiger partial charge is 0.458 e. The standard InChI is InChI=1S/C23H35N3O6/c1-23(2,3)32-22(30)25-15-20(28)26-18(14-17-10-6-4-7-11-17)19(27)16-31-21(29)12-8-5-9-13-24/h4,6-7,10-11,18H,5,8-9,12-16,24H2,1-3H3,(H,25,30)(H,26,28)/t18-/m0/s1. The van der Waals surface area contributed by atoms with Crippen LogP contribution in [0, 0.1) is 0 Å². The highest BCUT2D eigenvalue weighted by atomic mass is 16.6. The van der Waals surface area contributed by atoms with Crippen molar-refractivity contribution in [3.05, 3.63) is 35.9 Å². The fraction of sp³-hybridized carbons (Fsp3) is 0.565. The van der Waals surface area contributed by atoms with Crippen LogP contribution in [0.2, 0.25) is 0 Å². The fourth-order valence-electron chi connectivity index (χ4n) is 2.72. The average molecular weight is 450 g/mol. The van der Waals surface area contributed by atoms with Crippen LogP contribution in [0.25, 0.3) is 0 Å². The number of alkyl carbamates (subject to hydrolysis) is 1. The highest BCUT2D eigenvalue weighted by molar-refractivity contribution is 5.92. The molecule has 0 radical (unpaired) electrons. The van der Waals surface area contributed by atoms with Crippen LogP contribution < -0.4 is 16.4 Å². The van der Waals surface area contributed by atoms with Crippen molar-refractivity contribution in [1.29, 1.82) is 0 Å². The number of ether oxygens (including phenoxy) is 2. The summed E-state index contributed by atoms with van der Waals surface area (Å²) in [5, 5.41) is 4.96. The maximum atomic E-state index is 12.7. The van der Waals surface area contributed by atoms with Crippen LogP contribution in [0.1, 0.15) is 52.0 Å². The number of carbonyl (C=O) groups excluding carboxylic acids is 4. The summed E-state index contributed by atoms with van der Waals surface area (Å²) in [4.78, 5) is 48.6. The van der Waals surface area contributed by atoms with E-state index in [1.165, 1.54) is 0 Å². The number of hydrogen-bond acceptors (Lipinski definition) is 7. The van der Waals surface area contributed by atoms with Gasteiger partial charge in [-0.15, -0.1) is 0 Å². The third-order valence-corrected chi connectivity index (χ3v) is 4.26. The van der Waals surface area contributed by atoms with Gasteiger partial charge in [-0.1, -0.05) is 36.8 Å². The van der Waals surface area contributed by atoms with Crippen molar-refractivity contribution in [3.63, 3.8) is 0 Å². The van der Waals surface area contributed by atoms with Crippen molar-refractivity contribution in [2.45, 2.75) is 64.5 Å². The number of amides is 2. The van der Waals surface area contributed by atoms with Gasteiger partial charge in [-0.3, -0.25) is 14.4 Å². The Morgan fingerprint density at radius 2 is 1.72 bits per heavy atom. The van der Waals surface area contributed by atoms with E-state index in [-0.39, 0.29) is 19.4 Å². The lowest BCUT2D eigenvalue weighted by Crippen LogP contribution is -2.48. The van der Waals surface area contributed by atoms with Crippen molar-refractivity contribution in [2.24, 2.45) is 5.73 Å². The average Bonchev–Trinajstić information content (AvgIpc) is 2.72. The van der Waals surface area contributed by atoms with E-state index >= 15 is 0 Å². The SMILES string of the molecule is CC(C)(C)OC(=O)NCC(=O)N[C@@H](Cc1ccccc1)C(=O)COC(=O)CCCCCN. The molecule has 1 rings (SSSR count). The summed E-state index contributed by atoms with van der Waals surface area (Å²) in [7, 11) is 0. The third-order valence-electron chi connectivity index (χ3n) is 4.26. The van der Waals surface area contributed by atoms with Gasteiger partial charge in [0.15, 0.2) is 12.4 Å². The number of esters is 1. The summed E-state index contributed by atoms with van der Waals surface area (Å²) in [6, 6.07) is 8.24. The third kappa shape index (κ3) is 12.7. The van der Waals surface area contributed by atoms with Crippen LogP contribution in [-0.2, 0) is 30.3 Å². The number of Topliss-reactive ketones (excluding diaryl/α,β-unsaturated/α-hetero) is 1. The second-order valence-corrected chi connectivity index (χ2v) is 8.39. The van der Waals surface area contributed by atoms with E-state index in [1.807, 2.05) is 30.3 Å². The van der Waals surface area contributed by atoms with Gasteiger partial charge in [-0.25, -0.2) is 4.79 Å². The van der Waals surface area contributed by atoms with Gasteiger partial charge in [0.2, 0.25) is 5.91 Å². The lowest BCUT2D eigenvalue weighted by molar-refractivity contribution is -0.148. The molecule has 0 bridgehead atoms. The quantitative estimate of drug-likeness (QED) is 0.309. The van der Waals surface area contributed by atoms with Gasteiger partial charge in [-0.05, 0) is 52.1 Å². The summed E-state index contributed by atoms with van der Waals surface area (Å²) in [5.41, 5.74) is 5.56. The Labute approximate surface area is 189 Å². The van der Waals surface area contributed by atoms with E-state index in [0.717, 1.165) is 18.4 Å². The topological polar surface area (TPSA) is 137 Å². The van der Waals surface area contributed by atoms with Crippen LogP contribution in [0.3, 0.4) is 0 Å². The van der Waals surface area contributed by atoms with Crippen molar-refractivity contribution in [3.8, 4) is 0 Å². The Morgan fingerprint density at radius 1 is 1.03 bits per heavy atom. The van der Waals surface area contributed by atoms with Gasteiger partial charge in [-0.2, -0.15) is 0 Å². The number of unbranched alkanes of at least 4 members (excludes halogenated alkanes) is 2. The first-order valence-corrected chi connectivity index (χ1v) is 10.8. The van der Waals surface area contributed by atoms with E-state index < -0.39 is 42.0 Å². The van der Waals surface area contributed by atoms with Crippen molar-refractivity contribution < 1.29 is 28.7 Å². The first-order chi connectivity index (χ1) is 15.1. The maximum absolute atomic E-state index is 12.7. The van der Waals surface area contributed by atoms with Gasteiger partial charge in [0.05, 0.1) is 6.04 Å². The normalized spacial score (nSPS) is 11.9. The number of carbonyl (C=O) groups is 4. The number of hydrogen-bond donors (Lipinski definition) is 3. The van der Waals surface area contributed by atoms with Gasteiger partial charge in [0, 0.05) is 6.42 Å². The predicted octanol–water partition coefficient (Wildman–Crippen LogP) is 1.87. The summed E-state index contributed by atoms with van der Waals surface area (Å²) in [6.07, 6.45) is 1.99. The molecule has 32 heavy (non-hydrogen) atoms. The van der Waals surface area contributed by atoms with Crippen molar-refractivity contribution in [1.82, 2.24) is 10.6 Å². The molecule has 0 aromatic heterocycles. The minimum Gasteiger partial charge on any atom is -0.458 e. The van der Waals surface area contributed by atoms with E-state index in [0.29, 0.717) is 13.0 Å². The number of benzene rings is 1. The van der Waals surface area contributed by atoms with Crippen LogP contribution in [0.15, 0.2) is 30.3 Å². The number of ketones is 1. The molecule has 0 spiro atoms. The van der Waals surface area contributed by atoms with Gasteiger partial charge in [0.1, 0.15) is 12.1 Å². The molecule has 0 saturated carbocycles. The molecular formula is C23H35N3O6. The molecule has 0 aliphatic carbocycles. The minimum absolute atomic E-state index is 0.211. The first kappa shape index (κ1) is 27.1. The Kier molecular flexibility index (Phi) is 12.0. The molecule has 0 aliphatic rings. The first-order valence-electron chi connectivity index (χ1n) is 10.8. The second kappa shape index (κ2) is 14.2. The van der Waals surface area contributed by atoms with E-state index in [2.05, 4.69) is 10.6 Å². The molecule has 9 heteroatoms. The Bertz CT molecular complexity index is 746. The number of nitrogens with one attached hydrogen (secondary N) is 2. The molecule has 9 nitrogen and oxygen atoms in total. The highest BCUT2D eigenvalue weighted by Crippen LogP contribution is 2.07. The molecule has 0 heterocycles. The van der Waals surface area contributed by atoms with Crippen LogP contribution in [-0.4, -0.2) is 55.1 Å². The van der Waals surface area contributed by atoms with Gasteiger partial charge < -0.3 is 25.8 Å². The van der Waals surface area contributed by atoms with Gasteiger partial charge >= 0.3 is 12.1 Å². The molecule has 2 amide bonds. The lowest BCUT2D eigenvalue weighted by Gasteiger charge is -2.20. The summed E-state index contributed by atoms with van der Waals surface area (Å²) in [6.45, 7) is 4.90. The second-order valence-electron chi connectivity index (χ2n) is 8.39. The molecule has 0 fully saturated rings. The molecule has 0 saturated heterocycles.